The van der Waals surface area contributed by atoms with Crippen molar-refractivity contribution in [3.8, 4) is 5.75 Å². The maximum absolute atomic E-state index is 11.6. The number of carboxylic acid groups (broad SMARTS) is 1. The fourth-order valence-corrected chi connectivity index (χ4v) is 1.55. The minimum Gasteiger partial charge on any atom is -0.508 e. The van der Waals surface area contributed by atoms with Crippen molar-refractivity contribution in [1.29, 1.82) is 0 Å². The van der Waals surface area contributed by atoms with E-state index in [-0.39, 0.29) is 30.1 Å². The molecule has 1 aromatic rings. The molecule has 0 aliphatic rings. The van der Waals surface area contributed by atoms with Gasteiger partial charge in [-0.3, -0.25) is 25.2 Å². The van der Waals surface area contributed by atoms with Gasteiger partial charge in [-0.1, -0.05) is 6.92 Å². The number of amides is 2. The van der Waals surface area contributed by atoms with E-state index in [2.05, 4.69) is 10.9 Å². The van der Waals surface area contributed by atoms with Crippen LogP contribution in [0.4, 0.5) is 0 Å². The van der Waals surface area contributed by atoms with Gasteiger partial charge in [0, 0.05) is 18.4 Å². The van der Waals surface area contributed by atoms with Crippen molar-refractivity contribution in [2.45, 2.75) is 19.8 Å². The molecule has 1 rings (SSSR count). The van der Waals surface area contributed by atoms with E-state index in [0.29, 0.717) is 0 Å². The van der Waals surface area contributed by atoms with E-state index < -0.39 is 17.8 Å². The number of phenols is 1. The molecule has 0 saturated heterocycles. The third-order valence-corrected chi connectivity index (χ3v) is 2.50. The molecule has 108 valence electrons. The standard InChI is InChI=1S/C13H16N2O5/c1-8(7-12(18)19)6-11(17)14-15-13(20)9-2-4-10(16)5-3-9/h2-5,8,16H,6-7H2,1H3,(H,14,17)(H,15,20)(H,18,19)/t8-/m1/s1. The summed E-state index contributed by atoms with van der Waals surface area (Å²) in [5, 5.41) is 17.6. The van der Waals surface area contributed by atoms with Crippen LogP contribution in [0.2, 0.25) is 0 Å². The number of nitrogens with one attached hydrogen (secondary N) is 2. The molecule has 0 spiro atoms. The van der Waals surface area contributed by atoms with E-state index >= 15 is 0 Å². The molecule has 2 amide bonds. The van der Waals surface area contributed by atoms with Gasteiger partial charge in [0.1, 0.15) is 5.75 Å². The van der Waals surface area contributed by atoms with Crippen LogP contribution in [0.25, 0.3) is 0 Å². The van der Waals surface area contributed by atoms with Crippen LogP contribution in [0, 0.1) is 5.92 Å². The Bertz CT molecular complexity index is 498. The lowest BCUT2D eigenvalue weighted by atomic mass is 10.0. The second-order valence-electron chi connectivity index (χ2n) is 4.46. The SMILES string of the molecule is C[C@@H](CC(=O)O)CC(=O)NNC(=O)c1ccc(O)cc1. The molecule has 0 bridgehead atoms. The summed E-state index contributed by atoms with van der Waals surface area (Å²) in [5.41, 5.74) is 4.69. The highest BCUT2D eigenvalue weighted by Gasteiger charge is 2.13. The first-order valence-corrected chi connectivity index (χ1v) is 5.98. The Morgan fingerprint density at radius 1 is 1.10 bits per heavy atom. The molecule has 7 heteroatoms. The molecule has 0 fully saturated rings. The predicted octanol–water partition coefficient (Wildman–Crippen LogP) is 0.654. The monoisotopic (exact) mass is 280 g/mol. The van der Waals surface area contributed by atoms with Gasteiger partial charge in [-0.2, -0.15) is 0 Å². The van der Waals surface area contributed by atoms with Crippen molar-refractivity contribution in [2.75, 3.05) is 0 Å². The highest BCUT2D eigenvalue weighted by molar-refractivity contribution is 5.95. The summed E-state index contributed by atoms with van der Waals surface area (Å²) in [6.07, 6.45) is -0.110. The van der Waals surface area contributed by atoms with Gasteiger partial charge in [-0.05, 0) is 30.2 Å². The topological polar surface area (TPSA) is 116 Å². The number of hydrazine groups is 1. The molecule has 7 nitrogen and oxygen atoms in total. The molecule has 0 heterocycles. The number of carboxylic acids is 1. The summed E-state index contributed by atoms with van der Waals surface area (Å²) in [6.45, 7) is 1.63. The Morgan fingerprint density at radius 2 is 1.70 bits per heavy atom. The Labute approximate surface area is 115 Å². The second-order valence-corrected chi connectivity index (χ2v) is 4.46. The zero-order chi connectivity index (χ0) is 15.1. The number of rotatable bonds is 5. The van der Waals surface area contributed by atoms with E-state index in [1.165, 1.54) is 24.3 Å². The molecular weight excluding hydrogens is 264 g/mol. The van der Waals surface area contributed by atoms with Crippen LogP contribution in [-0.2, 0) is 9.59 Å². The third kappa shape index (κ3) is 5.38. The Balaban J connectivity index is 2.39. The first-order chi connectivity index (χ1) is 9.38. The van der Waals surface area contributed by atoms with Gasteiger partial charge in [-0.25, -0.2) is 0 Å². The van der Waals surface area contributed by atoms with Gasteiger partial charge in [0.25, 0.3) is 5.91 Å². The van der Waals surface area contributed by atoms with Gasteiger partial charge in [0.05, 0.1) is 0 Å². The summed E-state index contributed by atoms with van der Waals surface area (Å²) < 4.78 is 0. The molecule has 0 aliphatic carbocycles. The van der Waals surface area contributed by atoms with E-state index in [0.717, 1.165) is 0 Å². The van der Waals surface area contributed by atoms with Crippen LogP contribution in [0.5, 0.6) is 5.75 Å². The largest absolute Gasteiger partial charge is 0.508 e. The highest BCUT2D eigenvalue weighted by Crippen LogP contribution is 2.09. The molecule has 0 saturated carbocycles. The van der Waals surface area contributed by atoms with E-state index in [4.69, 9.17) is 10.2 Å². The van der Waals surface area contributed by atoms with Crippen LogP contribution in [0.15, 0.2) is 24.3 Å². The zero-order valence-electron chi connectivity index (χ0n) is 10.9. The van der Waals surface area contributed by atoms with Crippen molar-refractivity contribution >= 4 is 17.8 Å². The molecule has 0 aliphatic heterocycles. The van der Waals surface area contributed by atoms with Crippen molar-refractivity contribution in [1.82, 2.24) is 10.9 Å². The molecular formula is C13H16N2O5. The first kappa shape index (κ1) is 15.5. The predicted molar refractivity (Wildman–Crippen MR) is 69.7 cm³/mol. The van der Waals surface area contributed by atoms with Crippen LogP contribution >= 0.6 is 0 Å². The Kier molecular flexibility index (Phi) is 5.52. The smallest absolute Gasteiger partial charge is 0.303 e. The molecule has 0 radical (unpaired) electrons. The molecule has 4 N–H and O–H groups in total. The number of aromatic hydroxyl groups is 1. The minimum absolute atomic E-state index is 0.00214. The van der Waals surface area contributed by atoms with Gasteiger partial charge in [0.2, 0.25) is 5.91 Å². The quantitative estimate of drug-likeness (QED) is 0.591. The fraction of sp³-hybridized carbons (Fsp3) is 0.308. The lowest BCUT2D eigenvalue weighted by Crippen LogP contribution is -2.42. The van der Waals surface area contributed by atoms with E-state index in [9.17, 15) is 14.4 Å². The lowest BCUT2D eigenvalue weighted by molar-refractivity contribution is -0.138. The number of phenolic OH excluding ortho intramolecular Hbond substituents is 1. The number of carbonyl (C=O) groups is 3. The van der Waals surface area contributed by atoms with Crippen molar-refractivity contribution < 1.29 is 24.6 Å². The van der Waals surface area contributed by atoms with Gasteiger partial charge < -0.3 is 10.2 Å². The van der Waals surface area contributed by atoms with Crippen LogP contribution in [-0.4, -0.2) is 28.0 Å². The molecule has 0 aromatic heterocycles. The van der Waals surface area contributed by atoms with Crippen LogP contribution in [0.3, 0.4) is 0 Å². The van der Waals surface area contributed by atoms with Gasteiger partial charge in [0.15, 0.2) is 0 Å². The van der Waals surface area contributed by atoms with Gasteiger partial charge >= 0.3 is 5.97 Å². The van der Waals surface area contributed by atoms with E-state index in [1.807, 2.05) is 0 Å². The maximum Gasteiger partial charge on any atom is 0.303 e. The number of hydrogen-bond donors (Lipinski definition) is 4. The number of aliphatic carboxylic acids is 1. The molecule has 20 heavy (non-hydrogen) atoms. The average Bonchev–Trinajstić information content (AvgIpc) is 2.35. The summed E-state index contributed by atoms with van der Waals surface area (Å²) >= 11 is 0. The summed E-state index contributed by atoms with van der Waals surface area (Å²) in [7, 11) is 0. The average molecular weight is 280 g/mol. The zero-order valence-corrected chi connectivity index (χ0v) is 10.9. The summed E-state index contributed by atoms with van der Waals surface area (Å²) in [4.78, 5) is 33.5. The fourth-order valence-electron chi connectivity index (χ4n) is 1.55. The van der Waals surface area contributed by atoms with E-state index in [1.54, 1.807) is 6.92 Å². The number of hydrogen-bond acceptors (Lipinski definition) is 4. The lowest BCUT2D eigenvalue weighted by Gasteiger charge is -2.10. The number of benzene rings is 1. The van der Waals surface area contributed by atoms with Crippen molar-refractivity contribution in [3.05, 3.63) is 29.8 Å². The third-order valence-electron chi connectivity index (χ3n) is 2.50. The Morgan fingerprint density at radius 3 is 2.25 bits per heavy atom. The van der Waals surface area contributed by atoms with Crippen LogP contribution < -0.4 is 10.9 Å². The molecule has 1 aromatic carbocycles. The van der Waals surface area contributed by atoms with Gasteiger partial charge in [-0.15, -0.1) is 0 Å². The number of carbonyl (C=O) groups excluding carboxylic acids is 2. The summed E-state index contributed by atoms with van der Waals surface area (Å²) in [5.74, 6) is -2.25. The molecule has 0 unspecified atom stereocenters. The van der Waals surface area contributed by atoms with Crippen molar-refractivity contribution in [3.63, 3.8) is 0 Å². The second kappa shape index (κ2) is 7.13. The minimum atomic E-state index is -0.974. The normalized spacial score (nSPS) is 11.4. The summed E-state index contributed by atoms with van der Waals surface area (Å²) in [6, 6.07) is 5.52. The highest BCUT2D eigenvalue weighted by atomic mass is 16.4. The first-order valence-electron chi connectivity index (χ1n) is 5.98. The Hall–Kier alpha value is -2.57. The molecule has 1 atom stereocenters. The maximum atomic E-state index is 11.6. The van der Waals surface area contributed by atoms with Crippen molar-refractivity contribution in [2.24, 2.45) is 5.92 Å². The van der Waals surface area contributed by atoms with Crippen LogP contribution in [0.1, 0.15) is 30.1 Å².